The van der Waals surface area contributed by atoms with Gasteiger partial charge in [0.05, 0.1) is 6.20 Å². The Hall–Kier alpha value is -1.12. The van der Waals surface area contributed by atoms with Crippen LogP contribution in [0.15, 0.2) is 6.20 Å². The van der Waals surface area contributed by atoms with Crippen LogP contribution in [0.25, 0.3) is 0 Å². The van der Waals surface area contributed by atoms with Gasteiger partial charge in [-0.2, -0.15) is 5.10 Å². The molecule has 0 atom stereocenters. The van der Waals surface area contributed by atoms with Crippen LogP contribution in [-0.4, -0.2) is 10.2 Å². The number of nitrogens with two attached hydrogens (primary N) is 1. The van der Waals surface area contributed by atoms with Crippen LogP contribution in [0, 0.1) is 6.92 Å². The summed E-state index contributed by atoms with van der Waals surface area (Å²) in [6.45, 7) is 4.27. The molecular formula is C13H23N3. The van der Waals surface area contributed by atoms with E-state index in [1.54, 1.807) is 0 Å². The fourth-order valence-corrected chi connectivity index (χ4v) is 1.84. The molecule has 0 fully saturated rings. The van der Waals surface area contributed by atoms with E-state index in [1.165, 1.54) is 44.1 Å². The number of hydrogen-bond donors (Lipinski definition) is 1. The molecule has 1 aromatic heterocycles. The second-order valence-corrected chi connectivity index (χ2v) is 4.40. The Morgan fingerprint density at radius 2 is 1.81 bits per heavy atom. The van der Waals surface area contributed by atoms with Crippen LogP contribution in [0.1, 0.15) is 56.6 Å². The maximum atomic E-state index is 5.72. The lowest BCUT2D eigenvalue weighted by molar-refractivity contribution is 0.606. The van der Waals surface area contributed by atoms with Crippen molar-refractivity contribution in [3.8, 4) is 0 Å². The van der Waals surface area contributed by atoms with E-state index in [0.717, 1.165) is 12.0 Å². The lowest BCUT2D eigenvalue weighted by atomic mass is 10.0. The summed E-state index contributed by atoms with van der Waals surface area (Å²) < 4.78 is 0. The van der Waals surface area contributed by atoms with Crippen molar-refractivity contribution in [2.24, 2.45) is 0 Å². The van der Waals surface area contributed by atoms with Gasteiger partial charge in [0.25, 0.3) is 0 Å². The molecule has 90 valence electrons. The van der Waals surface area contributed by atoms with Gasteiger partial charge >= 0.3 is 0 Å². The number of nitrogens with zero attached hydrogens (tertiary/aromatic N) is 2. The van der Waals surface area contributed by atoms with Crippen LogP contribution in [0.3, 0.4) is 0 Å². The second kappa shape index (κ2) is 7.20. The minimum Gasteiger partial charge on any atom is -0.382 e. The van der Waals surface area contributed by atoms with Gasteiger partial charge in [-0.3, -0.25) is 0 Å². The van der Waals surface area contributed by atoms with E-state index in [9.17, 15) is 0 Å². The lowest BCUT2D eigenvalue weighted by Gasteiger charge is -2.06. The molecule has 0 spiro atoms. The van der Waals surface area contributed by atoms with Crippen LogP contribution in [0.5, 0.6) is 0 Å². The van der Waals surface area contributed by atoms with Crippen molar-refractivity contribution < 1.29 is 0 Å². The molecule has 0 radical (unpaired) electrons. The minimum atomic E-state index is 0.573. The van der Waals surface area contributed by atoms with E-state index < -0.39 is 0 Å². The van der Waals surface area contributed by atoms with Gasteiger partial charge < -0.3 is 5.73 Å². The van der Waals surface area contributed by atoms with Gasteiger partial charge in [-0.05, 0) is 30.9 Å². The normalized spacial score (nSPS) is 10.6. The molecule has 1 aromatic rings. The van der Waals surface area contributed by atoms with E-state index >= 15 is 0 Å². The SMILES string of the molecule is CCCCCCCCc1cnnc(N)c1C. The zero-order chi connectivity index (χ0) is 11.8. The first-order valence-electron chi connectivity index (χ1n) is 6.32. The Morgan fingerprint density at radius 3 is 2.56 bits per heavy atom. The van der Waals surface area contributed by atoms with E-state index in [1.807, 2.05) is 13.1 Å². The predicted octanol–water partition coefficient (Wildman–Crippen LogP) is 3.27. The van der Waals surface area contributed by atoms with E-state index in [0.29, 0.717) is 5.82 Å². The zero-order valence-electron chi connectivity index (χ0n) is 10.5. The van der Waals surface area contributed by atoms with Crippen molar-refractivity contribution in [3.63, 3.8) is 0 Å². The zero-order valence-corrected chi connectivity index (χ0v) is 10.5. The quantitative estimate of drug-likeness (QED) is 0.719. The highest BCUT2D eigenvalue weighted by atomic mass is 15.1. The van der Waals surface area contributed by atoms with E-state index in [4.69, 9.17) is 5.73 Å². The summed E-state index contributed by atoms with van der Waals surface area (Å²) in [5.41, 5.74) is 8.07. The highest BCUT2D eigenvalue weighted by molar-refractivity contribution is 5.41. The summed E-state index contributed by atoms with van der Waals surface area (Å²) in [5.74, 6) is 0.573. The molecule has 0 aliphatic carbocycles. The smallest absolute Gasteiger partial charge is 0.149 e. The number of nitrogen functional groups attached to an aromatic ring is 1. The molecule has 3 nitrogen and oxygen atoms in total. The fourth-order valence-electron chi connectivity index (χ4n) is 1.84. The number of aryl methyl sites for hydroxylation is 1. The van der Waals surface area contributed by atoms with Gasteiger partial charge in [0.1, 0.15) is 5.82 Å². The second-order valence-electron chi connectivity index (χ2n) is 4.40. The summed E-state index contributed by atoms with van der Waals surface area (Å²) in [6, 6.07) is 0. The third kappa shape index (κ3) is 4.17. The first kappa shape index (κ1) is 12.9. The van der Waals surface area contributed by atoms with Crippen LogP contribution in [-0.2, 0) is 6.42 Å². The van der Waals surface area contributed by atoms with Gasteiger partial charge in [0.2, 0.25) is 0 Å². The van der Waals surface area contributed by atoms with Crippen molar-refractivity contribution >= 4 is 5.82 Å². The van der Waals surface area contributed by atoms with E-state index in [-0.39, 0.29) is 0 Å². The summed E-state index contributed by atoms with van der Waals surface area (Å²) in [7, 11) is 0. The third-order valence-electron chi connectivity index (χ3n) is 3.04. The number of hydrogen-bond acceptors (Lipinski definition) is 3. The highest BCUT2D eigenvalue weighted by Crippen LogP contribution is 2.15. The molecule has 3 heteroatoms. The maximum Gasteiger partial charge on any atom is 0.149 e. The van der Waals surface area contributed by atoms with E-state index in [2.05, 4.69) is 17.1 Å². The molecular weight excluding hydrogens is 198 g/mol. The Kier molecular flexibility index (Phi) is 5.83. The predicted molar refractivity (Wildman–Crippen MR) is 68.3 cm³/mol. The van der Waals surface area contributed by atoms with Gasteiger partial charge in [-0.25, -0.2) is 0 Å². The Balaban J connectivity index is 2.24. The molecule has 0 aliphatic heterocycles. The topological polar surface area (TPSA) is 51.8 Å². The van der Waals surface area contributed by atoms with Crippen molar-refractivity contribution in [2.75, 3.05) is 5.73 Å². The summed E-state index contributed by atoms with van der Waals surface area (Å²) in [5, 5.41) is 7.73. The molecule has 0 bridgehead atoms. The first-order valence-corrected chi connectivity index (χ1v) is 6.32. The molecule has 16 heavy (non-hydrogen) atoms. The van der Waals surface area contributed by atoms with Crippen LogP contribution in [0.2, 0.25) is 0 Å². The average molecular weight is 221 g/mol. The standard InChI is InChI=1S/C13H23N3/c1-3-4-5-6-7-8-9-12-10-15-16-13(14)11(12)2/h10H,3-9H2,1-2H3,(H2,14,16). The molecule has 1 heterocycles. The number of unbranched alkanes of at least 4 members (excludes halogenated alkanes) is 5. The largest absolute Gasteiger partial charge is 0.382 e. The van der Waals surface area contributed by atoms with Crippen LogP contribution >= 0.6 is 0 Å². The lowest BCUT2D eigenvalue weighted by Crippen LogP contribution is -2.01. The highest BCUT2D eigenvalue weighted by Gasteiger charge is 2.02. The molecule has 1 rings (SSSR count). The maximum absolute atomic E-state index is 5.72. The molecule has 2 N–H and O–H groups in total. The minimum absolute atomic E-state index is 0.573. The van der Waals surface area contributed by atoms with Crippen molar-refractivity contribution in [1.82, 2.24) is 10.2 Å². The van der Waals surface area contributed by atoms with Gasteiger partial charge in [-0.15, -0.1) is 5.10 Å². The molecule has 0 saturated heterocycles. The summed E-state index contributed by atoms with van der Waals surface area (Å²) in [4.78, 5) is 0. The van der Waals surface area contributed by atoms with Crippen molar-refractivity contribution in [1.29, 1.82) is 0 Å². The average Bonchev–Trinajstić information content (AvgIpc) is 2.29. The summed E-state index contributed by atoms with van der Waals surface area (Å²) in [6.07, 6.45) is 10.9. The number of anilines is 1. The Morgan fingerprint density at radius 1 is 1.12 bits per heavy atom. The van der Waals surface area contributed by atoms with Gasteiger partial charge in [0.15, 0.2) is 0 Å². The molecule has 0 unspecified atom stereocenters. The Labute approximate surface area is 98.5 Å². The molecule has 0 saturated carbocycles. The summed E-state index contributed by atoms with van der Waals surface area (Å²) >= 11 is 0. The van der Waals surface area contributed by atoms with Crippen molar-refractivity contribution in [2.45, 2.75) is 58.8 Å². The Bertz CT molecular complexity index is 310. The van der Waals surface area contributed by atoms with Crippen LogP contribution in [0.4, 0.5) is 5.82 Å². The first-order chi connectivity index (χ1) is 7.75. The third-order valence-corrected chi connectivity index (χ3v) is 3.04. The number of rotatable bonds is 7. The van der Waals surface area contributed by atoms with Gasteiger partial charge in [0, 0.05) is 0 Å². The molecule has 0 aliphatic rings. The molecule has 0 aromatic carbocycles. The molecule has 0 amide bonds. The number of aromatic nitrogens is 2. The fraction of sp³-hybridized carbons (Fsp3) is 0.692. The monoisotopic (exact) mass is 221 g/mol. The van der Waals surface area contributed by atoms with Crippen molar-refractivity contribution in [3.05, 3.63) is 17.3 Å². The van der Waals surface area contributed by atoms with Crippen LogP contribution < -0.4 is 5.73 Å². The van der Waals surface area contributed by atoms with Gasteiger partial charge in [-0.1, -0.05) is 39.0 Å².